The van der Waals surface area contributed by atoms with Gasteiger partial charge in [-0.1, -0.05) is 0 Å². The van der Waals surface area contributed by atoms with Gasteiger partial charge in [-0.25, -0.2) is 0 Å². The molecule has 4 heteroatoms. The Morgan fingerprint density at radius 1 is 1.44 bits per heavy atom. The Kier molecular flexibility index (Phi) is 3.81. The van der Waals surface area contributed by atoms with E-state index in [1.807, 2.05) is 24.3 Å². The summed E-state index contributed by atoms with van der Waals surface area (Å²) in [6.45, 7) is 2.02. The van der Waals surface area contributed by atoms with Gasteiger partial charge in [-0.3, -0.25) is 4.79 Å². The van der Waals surface area contributed by atoms with Crippen molar-refractivity contribution >= 4 is 28.5 Å². The smallest absolute Gasteiger partial charge is 0.251 e. The molecule has 0 saturated carbocycles. The van der Waals surface area contributed by atoms with E-state index in [2.05, 4.69) is 39.9 Å². The molecule has 1 N–H and O–H groups in total. The lowest BCUT2D eigenvalue weighted by molar-refractivity contribution is 0.0938. The maximum absolute atomic E-state index is 11.9. The molecule has 1 atom stereocenters. The molecule has 0 spiro atoms. The Balaban J connectivity index is 1.95. The quantitative estimate of drug-likeness (QED) is 0.838. The van der Waals surface area contributed by atoms with Crippen LogP contribution in [0.4, 0.5) is 0 Å². The summed E-state index contributed by atoms with van der Waals surface area (Å²) in [6.07, 6.45) is 1.05. The fourth-order valence-electron chi connectivity index (χ4n) is 1.92. The van der Waals surface area contributed by atoms with Crippen molar-refractivity contribution in [2.75, 3.05) is 20.1 Å². The van der Waals surface area contributed by atoms with Gasteiger partial charge < -0.3 is 10.2 Å². The highest BCUT2D eigenvalue weighted by Gasteiger charge is 2.21. The first-order valence-corrected chi connectivity index (χ1v) is 6.48. The number of nitrogens with zero attached hydrogens (tertiary/aromatic N) is 1. The minimum atomic E-state index is 0.0386. The molecule has 2 rings (SSSR count). The molecule has 1 heterocycles. The number of halogens is 1. The van der Waals surface area contributed by atoms with Crippen molar-refractivity contribution in [2.24, 2.45) is 0 Å². The molecule has 0 aliphatic carbocycles. The average molecular weight is 330 g/mol. The largest absolute Gasteiger partial charge is 0.348 e. The minimum Gasteiger partial charge on any atom is -0.348 e. The summed E-state index contributed by atoms with van der Waals surface area (Å²) in [5.74, 6) is 0.0386. The number of benzene rings is 1. The van der Waals surface area contributed by atoms with E-state index in [4.69, 9.17) is 0 Å². The van der Waals surface area contributed by atoms with E-state index in [-0.39, 0.29) is 5.91 Å². The SMILES string of the molecule is CN1CCC(NC(=O)c2ccc(I)cc2)C1. The van der Waals surface area contributed by atoms with Crippen LogP contribution in [0.2, 0.25) is 0 Å². The van der Waals surface area contributed by atoms with Gasteiger partial charge in [0, 0.05) is 21.7 Å². The van der Waals surface area contributed by atoms with Gasteiger partial charge in [-0.2, -0.15) is 0 Å². The zero-order chi connectivity index (χ0) is 11.5. The molecule has 1 unspecified atom stereocenters. The fraction of sp³-hybridized carbons (Fsp3) is 0.417. The van der Waals surface area contributed by atoms with Gasteiger partial charge in [-0.15, -0.1) is 0 Å². The van der Waals surface area contributed by atoms with Crippen molar-refractivity contribution in [1.82, 2.24) is 10.2 Å². The summed E-state index contributed by atoms with van der Waals surface area (Å²) in [4.78, 5) is 14.1. The van der Waals surface area contributed by atoms with E-state index in [1.165, 1.54) is 0 Å². The first-order valence-electron chi connectivity index (χ1n) is 5.40. The van der Waals surface area contributed by atoms with Crippen LogP contribution in [0.25, 0.3) is 0 Å². The predicted molar refractivity (Wildman–Crippen MR) is 72.5 cm³/mol. The topological polar surface area (TPSA) is 32.3 Å². The molecule has 1 amide bonds. The van der Waals surface area contributed by atoms with E-state index in [0.717, 1.165) is 28.6 Å². The van der Waals surface area contributed by atoms with E-state index in [9.17, 15) is 4.79 Å². The Bertz CT molecular complexity index is 377. The van der Waals surface area contributed by atoms with Gasteiger partial charge in [0.2, 0.25) is 0 Å². The standard InChI is InChI=1S/C12H15IN2O/c1-15-7-6-11(8-15)14-12(16)9-2-4-10(13)5-3-9/h2-5,11H,6-8H2,1H3,(H,14,16). The Labute approximate surface area is 109 Å². The van der Waals surface area contributed by atoms with Gasteiger partial charge in [-0.05, 0) is 66.9 Å². The van der Waals surface area contributed by atoms with Crippen LogP contribution in [-0.4, -0.2) is 37.0 Å². The summed E-state index contributed by atoms with van der Waals surface area (Å²) in [7, 11) is 2.08. The highest BCUT2D eigenvalue weighted by Crippen LogP contribution is 2.09. The van der Waals surface area contributed by atoms with Gasteiger partial charge in [0.1, 0.15) is 0 Å². The van der Waals surface area contributed by atoms with Crippen molar-refractivity contribution in [2.45, 2.75) is 12.5 Å². The van der Waals surface area contributed by atoms with Crippen LogP contribution in [0.5, 0.6) is 0 Å². The molecule has 86 valence electrons. The number of hydrogen-bond donors (Lipinski definition) is 1. The average Bonchev–Trinajstić information content (AvgIpc) is 2.65. The van der Waals surface area contributed by atoms with Crippen LogP contribution in [0.1, 0.15) is 16.8 Å². The molecule has 1 aliphatic rings. The molecule has 0 aromatic heterocycles. The number of carbonyl (C=O) groups is 1. The fourth-order valence-corrected chi connectivity index (χ4v) is 2.28. The number of amides is 1. The van der Waals surface area contributed by atoms with Gasteiger partial charge >= 0.3 is 0 Å². The van der Waals surface area contributed by atoms with Gasteiger partial charge in [0.05, 0.1) is 0 Å². The minimum absolute atomic E-state index is 0.0386. The van der Waals surface area contributed by atoms with E-state index in [1.54, 1.807) is 0 Å². The van der Waals surface area contributed by atoms with Crippen LogP contribution in [-0.2, 0) is 0 Å². The zero-order valence-corrected chi connectivity index (χ0v) is 11.4. The molecule has 1 aromatic carbocycles. The van der Waals surface area contributed by atoms with Crippen molar-refractivity contribution < 1.29 is 4.79 Å². The summed E-state index contributed by atoms with van der Waals surface area (Å²) in [6, 6.07) is 7.95. The second-order valence-corrected chi connectivity index (χ2v) is 5.47. The highest BCUT2D eigenvalue weighted by atomic mass is 127. The monoisotopic (exact) mass is 330 g/mol. The third-order valence-electron chi connectivity index (χ3n) is 2.83. The summed E-state index contributed by atoms with van der Waals surface area (Å²) < 4.78 is 1.15. The normalized spacial score (nSPS) is 21.0. The molecule has 16 heavy (non-hydrogen) atoms. The van der Waals surface area contributed by atoms with Crippen molar-refractivity contribution in [3.8, 4) is 0 Å². The highest BCUT2D eigenvalue weighted by molar-refractivity contribution is 14.1. The van der Waals surface area contributed by atoms with E-state index >= 15 is 0 Å². The number of likely N-dealkylation sites (tertiary alicyclic amines) is 1. The number of hydrogen-bond acceptors (Lipinski definition) is 2. The first kappa shape index (κ1) is 11.9. The van der Waals surface area contributed by atoms with Crippen molar-refractivity contribution in [3.05, 3.63) is 33.4 Å². The lowest BCUT2D eigenvalue weighted by atomic mass is 10.2. The van der Waals surface area contributed by atoms with Crippen molar-refractivity contribution in [3.63, 3.8) is 0 Å². The summed E-state index contributed by atoms with van der Waals surface area (Å²) in [5, 5.41) is 3.06. The molecule has 0 bridgehead atoms. The Morgan fingerprint density at radius 3 is 2.69 bits per heavy atom. The maximum atomic E-state index is 11.9. The molecule has 1 saturated heterocycles. The second kappa shape index (κ2) is 5.14. The molecule has 0 radical (unpaired) electrons. The number of rotatable bonds is 2. The second-order valence-electron chi connectivity index (χ2n) is 4.23. The third kappa shape index (κ3) is 2.95. The molecular weight excluding hydrogens is 315 g/mol. The van der Waals surface area contributed by atoms with Crippen LogP contribution in [0.15, 0.2) is 24.3 Å². The third-order valence-corrected chi connectivity index (χ3v) is 3.55. The maximum Gasteiger partial charge on any atom is 0.251 e. The zero-order valence-electron chi connectivity index (χ0n) is 9.24. The molecule has 3 nitrogen and oxygen atoms in total. The van der Waals surface area contributed by atoms with Gasteiger partial charge in [0.25, 0.3) is 5.91 Å². The van der Waals surface area contributed by atoms with Crippen LogP contribution in [0.3, 0.4) is 0 Å². The number of likely N-dealkylation sites (N-methyl/N-ethyl adjacent to an activating group) is 1. The Hall–Kier alpha value is -0.620. The molecule has 1 fully saturated rings. The van der Waals surface area contributed by atoms with E-state index in [0.29, 0.717) is 6.04 Å². The molecule has 1 aromatic rings. The first-order chi connectivity index (χ1) is 7.65. The summed E-state index contributed by atoms with van der Waals surface area (Å²) >= 11 is 2.23. The lowest BCUT2D eigenvalue weighted by Crippen LogP contribution is -2.36. The molecular formula is C12H15IN2O. The number of nitrogens with one attached hydrogen (secondary N) is 1. The van der Waals surface area contributed by atoms with Gasteiger partial charge in [0.15, 0.2) is 0 Å². The summed E-state index contributed by atoms with van der Waals surface area (Å²) in [5.41, 5.74) is 0.745. The lowest BCUT2D eigenvalue weighted by Gasteiger charge is -2.12. The van der Waals surface area contributed by atoms with Crippen LogP contribution < -0.4 is 5.32 Å². The van der Waals surface area contributed by atoms with E-state index < -0.39 is 0 Å². The van der Waals surface area contributed by atoms with Crippen LogP contribution in [0, 0.1) is 3.57 Å². The predicted octanol–water partition coefficient (Wildman–Crippen LogP) is 1.73. The Morgan fingerprint density at radius 2 is 2.12 bits per heavy atom. The molecule has 1 aliphatic heterocycles. The van der Waals surface area contributed by atoms with Crippen LogP contribution >= 0.6 is 22.6 Å². The number of carbonyl (C=O) groups excluding carboxylic acids is 1. The van der Waals surface area contributed by atoms with Crippen molar-refractivity contribution in [1.29, 1.82) is 0 Å².